The number of ether oxygens (including phenoxy) is 1. The van der Waals surface area contributed by atoms with Gasteiger partial charge in [0.15, 0.2) is 0 Å². The second kappa shape index (κ2) is 7.97. The Morgan fingerprint density at radius 3 is 2.21 bits per heavy atom. The van der Waals surface area contributed by atoms with Gasteiger partial charge in [-0.3, -0.25) is 4.79 Å². The average Bonchev–Trinajstić information content (AvgIpc) is 3.55. The fraction of sp³-hybridized carbons (Fsp3) is 0.333. The van der Waals surface area contributed by atoms with Gasteiger partial charge < -0.3 is 34.3 Å². The molecule has 0 saturated carbocycles. The van der Waals surface area contributed by atoms with Crippen molar-refractivity contribution in [2.75, 3.05) is 19.7 Å². The van der Waals surface area contributed by atoms with E-state index < -0.39 is 17.8 Å². The summed E-state index contributed by atoms with van der Waals surface area (Å²) in [7, 11) is 0. The predicted octanol–water partition coefficient (Wildman–Crippen LogP) is 3.48. The third-order valence-electron chi connectivity index (χ3n) is 8.76. The first-order chi connectivity index (χ1) is 18.9. The number of hydrogen-bond acceptors (Lipinski definition) is 5. The topological polar surface area (TPSA) is 109 Å². The smallest absolute Gasteiger partial charge is 0.409 e. The molecule has 9 heteroatoms. The first kappa shape index (κ1) is 22.9. The number of nitrogens with one attached hydrogen (secondary N) is 1. The zero-order valence-corrected chi connectivity index (χ0v) is 21.3. The number of aliphatic hydroxyl groups excluding tert-OH is 1. The Bertz CT molecular complexity index is 1860. The van der Waals surface area contributed by atoms with E-state index in [1.165, 1.54) is 0 Å². The van der Waals surface area contributed by atoms with Gasteiger partial charge in [-0.25, -0.2) is 4.79 Å². The van der Waals surface area contributed by atoms with Crippen molar-refractivity contribution in [3.63, 3.8) is 0 Å². The maximum Gasteiger partial charge on any atom is 0.409 e. The highest BCUT2D eigenvalue weighted by atomic mass is 16.6. The molecule has 2 aromatic heterocycles. The summed E-state index contributed by atoms with van der Waals surface area (Å²) < 4.78 is 9.99. The average molecular weight is 525 g/mol. The molecule has 39 heavy (non-hydrogen) atoms. The van der Waals surface area contributed by atoms with Crippen LogP contribution in [0.4, 0.5) is 4.79 Å². The lowest BCUT2D eigenvalue weighted by Gasteiger charge is -2.32. The number of para-hydroxylation sites is 2. The van der Waals surface area contributed by atoms with Crippen LogP contribution in [0.3, 0.4) is 0 Å². The van der Waals surface area contributed by atoms with E-state index in [2.05, 4.69) is 20.5 Å². The molecule has 3 aromatic carbocycles. The molecular weight excluding hydrogens is 496 g/mol. The van der Waals surface area contributed by atoms with Crippen molar-refractivity contribution < 1.29 is 24.5 Å². The fourth-order valence-corrected chi connectivity index (χ4v) is 7.01. The Labute approximate surface area is 223 Å². The molecule has 0 bridgehead atoms. The van der Waals surface area contributed by atoms with Gasteiger partial charge in [0.1, 0.15) is 12.2 Å². The second-order valence-corrected chi connectivity index (χ2v) is 11.2. The van der Waals surface area contributed by atoms with Crippen molar-refractivity contribution >= 4 is 55.6 Å². The number of likely N-dealkylation sites (tertiary alicyclic amines) is 1. The standard InChI is InChI=1S/C30H28N4O5/c35-17-9-11-32(12-10-17)29(37)39-16-30(38)14-33-21-7-3-1-5-18(21)23-20-13-31-28(36)25(20)24-19-6-2-4-8-22(19)34(15-30)27(24)26(23)33/h1-8,17,35,38H,9-16H2,(H,31,36). The third kappa shape index (κ3) is 3.14. The molecular formula is C30H28N4O5. The van der Waals surface area contributed by atoms with E-state index in [4.69, 9.17) is 4.74 Å². The molecule has 8 rings (SSSR count). The van der Waals surface area contributed by atoms with Crippen LogP contribution >= 0.6 is 0 Å². The molecule has 1 fully saturated rings. The van der Waals surface area contributed by atoms with E-state index in [1.807, 2.05) is 42.5 Å². The number of carbonyl (C=O) groups excluding carboxylic acids is 2. The highest BCUT2D eigenvalue weighted by molar-refractivity contribution is 6.30. The monoisotopic (exact) mass is 524 g/mol. The van der Waals surface area contributed by atoms with Crippen LogP contribution in [0.25, 0.3) is 43.6 Å². The number of aliphatic hydroxyl groups is 2. The van der Waals surface area contributed by atoms with Crippen molar-refractivity contribution in [1.29, 1.82) is 0 Å². The number of aromatic nitrogens is 2. The number of fused-ring (bicyclic) bond motifs is 9. The maximum absolute atomic E-state index is 13.2. The predicted molar refractivity (Wildman–Crippen MR) is 147 cm³/mol. The van der Waals surface area contributed by atoms with Gasteiger partial charge in [-0.2, -0.15) is 0 Å². The van der Waals surface area contributed by atoms with Crippen LogP contribution in [0.2, 0.25) is 0 Å². The van der Waals surface area contributed by atoms with Crippen molar-refractivity contribution in [3.05, 3.63) is 59.7 Å². The van der Waals surface area contributed by atoms with E-state index in [0.717, 1.165) is 49.2 Å². The van der Waals surface area contributed by atoms with Crippen molar-refractivity contribution in [2.45, 2.75) is 44.2 Å². The van der Waals surface area contributed by atoms with Crippen LogP contribution in [0.15, 0.2) is 48.5 Å². The van der Waals surface area contributed by atoms with Crippen LogP contribution in [-0.2, 0) is 24.4 Å². The van der Waals surface area contributed by atoms with Gasteiger partial charge in [0.25, 0.3) is 5.91 Å². The van der Waals surface area contributed by atoms with Gasteiger partial charge in [0, 0.05) is 52.2 Å². The van der Waals surface area contributed by atoms with Gasteiger partial charge in [-0.05, 0) is 30.5 Å². The lowest BCUT2D eigenvalue weighted by atomic mass is 9.97. The first-order valence-corrected chi connectivity index (χ1v) is 13.5. The largest absolute Gasteiger partial charge is 0.446 e. The summed E-state index contributed by atoms with van der Waals surface area (Å²) in [4.78, 5) is 27.8. The first-order valence-electron chi connectivity index (χ1n) is 13.5. The van der Waals surface area contributed by atoms with E-state index in [1.54, 1.807) is 4.90 Å². The normalized spacial score (nSPS) is 21.3. The third-order valence-corrected chi connectivity index (χ3v) is 8.76. The van der Waals surface area contributed by atoms with Crippen molar-refractivity contribution in [2.24, 2.45) is 0 Å². The number of amides is 2. The summed E-state index contributed by atoms with van der Waals surface area (Å²) in [6, 6.07) is 16.1. The molecule has 3 aliphatic rings. The molecule has 0 spiro atoms. The Balaban J connectivity index is 1.35. The van der Waals surface area contributed by atoms with Gasteiger partial charge in [-0.15, -0.1) is 0 Å². The molecule has 1 saturated heterocycles. The summed E-state index contributed by atoms with van der Waals surface area (Å²) in [5, 5.41) is 29.0. The van der Waals surface area contributed by atoms with E-state index >= 15 is 0 Å². The second-order valence-electron chi connectivity index (χ2n) is 11.2. The maximum atomic E-state index is 13.2. The van der Waals surface area contributed by atoms with Crippen molar-refractivity contribution in [1.82, 2.24) is 19.4 Å². The SMILES string of the molecule is O=C1NCc2c1c1c3ccccc3n3c1c1c2c2ccccc2n1CC(O)(COC(=O)N1CCC(O)CC1)C3. The highest BCUT2D eigenvalue weighted by Crippen LogP contribution is 2.46. The van der Waals surface area contributed by atoms with Gasteiger partial charge >= 0.3 is 6.09 Å². The summed E-state index contributed by atoms with van der Waals surface area (Å²) in [5.74, 6) is -0.0771. The Hall–Kier alpha value is -4.08. The molecule has 5 aromatic rings. The Morgan fingerprint density at radius 1 is 0.949 bits per heavy atom. The highest BCUT2D eigenvalue weighted by Gasteiger charge is 2.40. The van der Waals surface area contributed by atoms with Gasteiger partial charge in [-0.1, -0.05) is 36.4 Å². The van der Waals surface area contributed by atoms with Crippen LogP contribution in [0.5, 0.6) is 0 Å². The van der Waals surface area contributed by atoms with Crippen LogP contribution < -0.4 is 5.32 Å². The molecule has 198 valence electrons. The number of hydrogen-bond donors (Lipinski definition) is 3. The lowest BCUT2D eigenvalue weighted by molar-refractivity contribution is -0.0507. The van der Waals surface area contributed by atoms with Gasteiger partial charge in [0.05, 0.1) is 35.8 Å². The molecule has 1 atom stereocenters. The molecule has 2 amide bonds. The lowest BCUT2D eigenvalue weighted by Crippen LogP contribution is -2.46. The van der Waals surface area contributed by atoms with E-state index in [0.29, 0.717) is 38.0 Å². The Kier molecular flexibility index (Phi) is 4.67. The zero-order chi connectivity index (χ0) is 26.5. The van der Waals surface area contributed by atoms with Crippen LogP contribution in [0, 0.1) is 0 Å². The molecule has 0 radical (unpaired) electrons. The zero-order valence-electron chi connectivity index (χ0n) is 21.3. The molecule has 5 heterocycles. The van der Waals surface area contributed by atoms with E-state index in [9.17, 15) is 19.8 Å². The molecule has 3 aliphatic heterocycles. The number of benzene rings is 3. The van der Waals surface area contributed by atoms with Crippen LogP contribution in [0.1, 0.15) is 28.8 Å². The molecule has 9 nitrogen and oxygen atoms in total. The minimum Gasteiger partial charge on any atom is -0.446 e. The summed E-state index contributed by atoms with van der Waals surface area (Å²) in [6.45, 7) is 1.58. The van der Waals surface area contributed by atoms with Crippen LogP contribution in [-0.4, -0.2) is 67.6 Å². The number of nitrogens with zero attached hydrogens (tertiary/aromatic N) is 3. The molecule has 3 N–H and O–H groups in total. The number of carbonyl (C=O) groups is 2. The molecule has 0 aliphatic carbocycles. The van der Waals surface area contributed by atoms with Gasteiger partial charge in [0.2, 0.25) is 0 Å². The summed E-state index contributed by atoms with van der Waals surface area (Å²) in [5.41, 5.74) is 4.10. The quantitative estimate of drug-likeness (QED) is 0.328. The fourth-order valence-electron chi connectivity index (χ4n) is 7.01. The number of piperidine rings is 1. The minimum atomic E-state index is -1.40. The minimum absolute atomic E-state index is 0.0771. The number of rotatable bonds is 2. The van der Waals surface area contributed by atoms with Crippen molar-refractivity contribution in [3.8, 4) is 0 Å². The summed E-state index contributed by atoms with van der Waals surface area (Å²) in [6.07, 6.45) is 0.176. The Morgan fingerprint density at radius 2 is 1.54 bits per heavy atom. The summed E-state index contributed by atoms with van der Waals surface area (Å²) >= 11 is 0. The molecule has 1 unspecified atom stereocenters. The van der Waals surface area contributed by atoms with E-state index in [-0.39, 0.29) is 25.6 Å².